The molecule has 6 nitrogen and oxygen atoms in total. The third-order valence-electron chi connectivity index (χ3n) is 6.82. The predicted molar refractivity (Wildman–Crippen MR) is 120 cm³/mol. The van der Waals surface area contributed by atoms with E-state index in [2.05, 4.69) is 0 Å². The molecule has 3 rings (SSSR count). The molecule has 1 aliphatic carbocycles. The maximum atomic E-state index is 13.2. The van der Waals surface area contributed by atoms with Crippen LogP contribution in [0.15, 0.2) is 30.3 Å². The average Bonchev–Trinajstić information content (AvgIpc) is 3.13. The van der Waals surface area contributed by atoms with Gasteiger partial charge in [0.05, 0.1) is 17.4 Å². The Balaban J connectivity index is 1.71. The highest BCUT2D eigenvalue weighted by atomic mass is 32.2. The van der Waals surface area contributed by atoms with Gasteiger partial charge in [0.2, 0.25) is 0 Å². The third kappa shape index (κ3) is 6.09. The van der Waals surface area contributed by atoms with Crippen LogP contribution in [0.2, 0.25) is 0 Å². The fourth-order valence-electron chi connectivity index (χ4n) is 4.95. The summed E-state index contributed by atoms with van der Waals surface area (Å²) < 4.78 is 29.6. The molecular formula is C24H35NO5S. The van der Waals surface area contributed by atoms with Crippen LogP contribution in [-0.4, -0.2) is 55.4 Å². The van der Waals surface area contributed by atoms with Crippen molar-refractivity contribution in [3.63, 3.8) is 0 Å². The van der Waals surface area contributed by atoms with E-state index < -0.39 is 21.7 Å². The van der Waals surface area contributed by atoms with Crippen LogP contribution in [0.4, 0.5) is 0 Å². The van der Waals surface area contributed by atoms with E-state index in [1.165, 1.54) is 0 Å². The highest BCUT2D eigenvalue weighted by molar-refractivity contribution is 7.91. The standard InChI is InChI=1S/C24H35NO5S/c1-3-18(2)23(19-10-6-4-7-11-19)24(27)30-16-22(26)25(20-12-8-5-9-13-20)21-14-15-31(28,29)17-21/h4,6-7,10-11,18,20-21,23H,3,5,8-9,12-17H2,1-2H3. The molecule has 2 aliphatic rings. The Morgan fingerprint density at radius 1 is 1.06 bits per heavy atom. The molecule has 0 spiro atoms. The number of hydrogen-bond acceptors (Lipinski definition) is 5. The van der Waals surface area contributed by atoms with Gasteiger partial charge in [0.15, 0.2) is 16.4 Å². The second-order valence-electron chi connectivity index (χ2n) is 9.03. The van der Waals surface area contributed by atoms with Gasteiger partial charge in [0, 0.05) is 12.1 Å². The van der Waals surface area contributed by atoms with E-state index >= 15 is 0 Å². The molecule has 172 valence electrons. The molecule has 1 aromatic carbocycles. The number of carbonyl (C=O) groups excluding carboxylic acids is 2. The minimum absolute atomic E-state index is 0.0166. The Morgan fingerprint density at radius 2 is 1.74 bits per heavy atom. The second-order valence-corrected chi connectivity index (χ2v) is 11.3. The zero-order valence-electron chi connectivity index (χ0n) is 18.7. The summed E-state index contributed by atoms with van der Waals surface area (Å²) in [6.07, 6.45) is 6.28. The zero-order valence-corrected chi connectivity index (χ0v) is 19.5. The average molecular weight is 450 g/mol. The van der Waals surface area contributed by atoms with E-state index in [0.29, 0.717) is 6.42 Å². The van der Waals surface area contributed by atoms with E-state index in [4.69, 9.17) is 4.74 Å². The largest absolute Gasteiger partial charge is 0.455 e. The van der Waals surface area contributed by atoms with Crippen molar-refractivity contribution in [1.82, 2.24) is 4.90 Å². The van der Waals surface area contributed by atoms with Crippen LogP contribution >= 0.6 is 0 Å². The first-order valence-electron chi connectivity index (χ1n) is 11.6. The molecule has 1 saturated carbocycles. The van der Waals surface area contributed by atoms with Gasteiger partial charge in [0.25, 0.3) is 5.91 Å². The molecule has 31 heavy (non-hydrogen) atoms. The Bertz CT molecular complexity index is 848. The maximum Gasteiger partial charge on any atom is 0.314 e. The summed E-state index contributed by atoms with van der Waals surface area (Å²) in [5.41, 5.74) is 0.889. The minimum atomic E-state index is -3.11. The summed E-state index contributed by atoms with van der Waals surface area (Å²) in [6.45, 7) is 3.72. The molecule has 1 heterocycles. The summed E-state index contributed by atoms with van der Waals surface area (Å²) in [5.74, 6) is -0.857. The number of esters is 1. The van der Waals surface area contributed by atoms with Gasteiger partial charge in [0.1, 0.15) is 0 Å². The lowest BCUT2D eigenvalue weighted by Crippen LogP contribution is -2.50. The fraction of sp³-hybridized carbons (Fsp3) is 0.667. The highest BCUT2D eigenvalue weighted by Gasteiger charge is 2.39. The number of hydrogen-bond donors (Lipinski definition) is 0. The molecule has 1 amide bonds. The van der Waals surface area contributed by atoms with Crippen molar-refractivity contribution in [2.45, 2.75) is 76.8 Å². The number of sulfone groups is 1. The quantitative estimate of drug-likeness (QED) is 0.565. The molecule has 1 aliphatic heterocycles. The maximum absolute atomic E-state index is 13.2. The first-order valence-corrected chi connectivity index (χ1v) is 13.4. The van der Waals surface area contributed by atoms with E-state index in [1.807, 2.05) is 44.2 Å². The predicted octanol–water partition coefficient (Wildman–Crippen LogP) is 3.71. The Hall–Kier alpha value is -1.89. The zero-order chi connectivity index (χ0) is 22.4. The van der Waals surface area contributed by atoms with Crippen molar-refractivity contribution >= 4 is 21.7 Å². The smallest absolute Gasteiger partial charge is 0.314 e. The van der Waals surface area contributed by atoms with Gasteiger partial charge in [-0.1, -0.05) is 69.9 Å². The molecule has 1 saturated heterocycles. The lowest BCUT2D eigenvalue weighted by atomic mass is 9.86. The molecule has 0 radical (unpaired) electrons. The lowest BCUT2D eigenvalue weighted by Gasteiger charge is -2.38. The van der Waals surface area contributed by atoms with Gasteiger partial charge >= 0.3 is 5.97 Å². The van der Waals surface area contributed by atoms with Crippen molar-refractivity contribution in [2.75, 3.05) is 18.1 Å². The first-order chi connectivity index (χ1) is 14.8. The van der Waals surface area contributed by atoms with Crippen LogP contribution in [0.5, 0.6) is 0 Å². The molecule has 3 atom stereocenters. The van der Waals surface area contributed by atoms with Gasteiger partial charge in [-0.25, -0.2) is 8.42 Å². The summed E-state index contributed by atoms with van der Waals surface area (Å²) in [4.78, 5) is 27.9. The molecule has 0 bridgehead atoms. The van der Waals surface area contributed by atoms with Gasteiger partial charge in [-0.05, 0) is 30.7 Å². The second kappa shape index (κ2) is 10.6. The molecule has 2 fully saturated rings. The fourth-order valence-corrected chi connectivity index (χ4v) is 6.66. The topological polar surface area (TPSA) is 80.8 Å². The minimum Gasteiger partial charge on any atom is -0.455 e. The highest BCUT2D eigenvalue weighted by Crippen LogP contribution is 2.30. The van der Waals surface area contributed by atoms with Crippen LogP contribution in [0, 0.1) is 5.92 Å². The van der Waals surface area contributed by atoms with Crippen LogP contribution < -0.4 is 0 Å². The molecule has 7 heteroatoms. The first kappa shape index (κ1) is 23.8. The molecule has 0 N–H and O–H groups in total. The molecule has 0 aromatic heterocycles. The van der Waals surface area contributed by atoms with Crippen LogP contribution in [0.3, 0.4) is 0 Å². The van der Waals surface area contributed by atoms with Crippen LogP contribution in [0.25, 0.3) is 0 Å². The summed E-state index contributed by atoms with van der Waals surface area (Å²) in [5, 5.41) is 0. The van der Waals surface area contributed by atoms with Crippen molar-refractivity contribution in [1.29, 1.82) is 0 Å². The van der Waals surface area contributed by atoms with Crippen molar-refractivity contribution in [3.8, 4) is 0 Å². The molecule has 1 aromatic rings. The van der Waals surface area contributed by atoms with Gasteiger partial charge in [-0.2, -0.15) is 0 Å². The van der Waals surface area contributed by atoms with Crippen molar-refractivity contribution in [2.24, 2.45) is 5.92 Å². The number of amides is 1. The number of nitrogens with zero attached hydrogens (tertiary/aromatic N) is 1. The van der Waals surface area contributed by atoms with E-state index in [0.717, 1.165) is 44.1 Å². The Labute approximate surface area is 186 Å². The number of carbonyl (C=O) groups is 2. The van der Waals surface area contributed by atoms with Gasteiger partial charge < -0.3 is 9.64 Å². The molecule has 3 unspecified atom stereocenters. The molecular weight excluding hydrogens is 414 g/mol. The van der Waals surface area contributed by atoms with E-state index in [1.54, 1.807) is 4.90 Å². The SMILES string of the molecule is CCC(C)C(C(=O)OCC(=O)N(C1CCCCC1)C1CCS(=O)(=O)C1)c1ccccc1. The van der Waals surface area contributed by atoms with Crippen molar-refractivity contribution in [3.05, 3.63) is 35.9 Å². The summed E-state index contributed by atoms with van der Waals surface area (Å²) in [6, 6.07) is 9.26. The van der Waals surface area contributed by atoms with E-state index in [9.17, 15) is 18.0 Å². The number of benzene rings is 1. The lowest BCUT2D eigenvalue weighted by molar-refractivity contribution is -0.156. The Kier molecular flexibility index (Phi) is 8.14. The van der Waals surface area contributed by atoms with Crippen LogP contribution in [-0.2, 0) is 24.2 Å². The Morgan fingerprint density at radius 3 is 2.32 bits per heavy atom. The monoisotopic (exact) mass is 449 g/mol. The summed E-state index contributed by atoms with van der Waals surface area (Å²) >= 11 is 0. The number of ether oxygens (including phenoxy) is 1. The normalized spacial score (nSPS) is 23.1. The van der Waals surface area contributed by atoms with Gasteiger partial charge in [-0.3, -0.25) is 9.59 Å². The van der Waals surface area contributed by atoms with Crippen molar-refractivity contribution < 1.29 is 22.7 Å². The van der Waals surface area contributed by atoms with Gasteiger partial charge in [-0.15, -0.1) is 0 Å². The number of rotatable bonds is 8. The summed E-state index contributed by atoms with van der Waals surface area (Å²) in [7, 11) is -3.11. The third-order valence-corrected chi connectivity index (χ3v) is 8.57. The van der Waals surface area contributed by atoms with Crippen LogP contribution in [0.1, 0.15) is 70.3 Å². The van der Waals surface area contributed by atoms with E-state index in [-0.39, 0.29) is 42.0 Å².